The van der Waals surface area contributed by atoms with Crippen LogP contribution in [0.5, 0.6) is 5.75 Å². The van der Waals surface area contributed by atoms with Crippen LogP contribution in [0.4, 0.5) is 0 Å². The Kier molecular flexibility index (Phi) is 5.23. The number of aliphatic hydroxyl groups is 1. The predicted octanol–water partition coefficient (Wildman–Crippen LogP) is 2.69. The third kappa shape index (κ3) is 3.95. The highest BCUT2D eigenvalue weighted by Crippen LogP contribution is 2.37. The lowest BCUT2D eigenvalue weighted by Crippen LogP contribution is -2.43. The van der Waals surface area contributed by atoms with Crippen LogP contribution in [0.25, 0.3) is 0 Å². The number of nitrogens with one attached hydrogen (secondary N) is 1. The largest absolute Gasteiger partial charge is 0.497 e. The fourth-order valence-corrected chi connectivity index (χ4v) is 2.69. The maximum absolute atomic E-state index is 9.69. The highest BCUT2D eigenvalue weighted by Gasteiger charge is 2.30. The van der Waals surface area contributed by atoms with Gasteiger partial charge < -0.3 is 15.2 Å². The summed E-state index contributed by atoms with van der Waals surface area (Å²) < 4.78 is 5.26. The van der Waals surface area contributed by atoms with Gasteiger partial charge >= 0.3 is 0 Å². The van der Waals surface area contributed by atoms with E-state index in [9.17, 15) is 5.11 Å². The summed E-state index contributed by atoms with van der Waals surface area (Å²) in [5.74, 6) is 1.57. The van der Waals surface area contributed by atoms with Gasteiger partial charge in [-0.05, 0) is 42.9 Å². The minimum atomic E-state index is -0.194. The Morgan fingerprint density at radius 3 is 2.89 bits per heavy atom. The predicted molar refractivity (Wildman–Crippen MR) is 77.7 cm³/mol. The molecule has 0 amide bonds. The van der Waals surface area contributed by atoms with Crippen LogP contribution in [0.15, 0.2) is 24.3 Å². The van der Waals surface area contributed by atoms with Gasteiger partial charge in [-0.3, -0.25) is 0 Å². The van der Waals surface area contributed by atoms with Gasteiger partial charge in [0.25, 0.3) is 0 Å². The average molecular weight is 263 g/mol. The molecular weight excluding hydrogens is 238 g/mol. The van der Waals surface area contributed by atoms with Crippen molar-refractivity contribution < 1.29 is 9.84 Å². The van der Waals surface area contributed by atoms with E-state index in [4.69, 9.17) is 4.74 Å². The molecule has 3 heteroatoms. The van der Waals surface area contributed by atoms with Crippen molar-refractivity contribution in [3.63, 3.8) is 0 Å². The van der Waals surface area contributed by atoms with E-state index in [1.54, 1.807) is 7.11 Å². The molecule has 0 aliphatic heterocycles. The molecule has 2 rings (SSSR count). The molecule has 0 aromatic heterocycles. The molecule has 0 bridgehead atoms. The van der Waals surface area contributed by atoms with Crippen molar-refractivity contribution in [1.82, 2.24) is 5.32 Å². The number of benzene rings is 1. The second kappa shape index (κ2) is 6.92. The highest BCUT2D eigenvalue weighted by molar-refractivity contribution is 5.32. The molecule has 19 heavy (non-hydrogen) atoms. The van der Waals surface area contributed by atoms with E-state index in [0.29, 0.717) is 12.0 Å². The summed E-state index contributed by atoms with van der Waals surface area (Å²) in [7, 11) is 1.71. The molecule has 1 aliphatic carbocycles. The summed E-state index contributed by atoms with van der Waals surface area (Å²) in [6, 6.07) is 8.91. The highest BCUT2D eigenvalue weighted by atomic mass is 16.5. The van der Waals surface area contributed by atoms with Gasteiger partial charge in [-0.1, -0.05) is 25.5 Å². The molecule has 0 radical (unpaired) electrons. The van der Waals surface area contributed by atoms with Crippen molar-refractivity contribution in [2.24, 2.45) is 0 Å². The molecule has 0 spiro atoms. The third-order valence-corrected chi connectivity index (χ3v) is 3.97. The third-order valence-electron chi connectivity index (χ3n) is 3.97. The first-order valence-corrected chi connectivity index (χ1v) is 7.28. The topological polar surface area (TPSA) is 41.5 Å². The van der Waals surface area contributed by atoms with E-state index < -0.39 is 0 Å². The van der Waals surface area contributed by atoms with Gasteiger partial charge in [0, 0.05) is 12.6 Å². The zero-order valence-electron chi connectivity index (χ0n) is 11.9. The van der Waals surface area contributed by atoms with Crippen molar-refractivity contribution in [2.45, 2.75) is 50.7 Å². The van der Waals surface area contributed by atoms with Crippen LogP contribution in [0.2, 0.25) is 0 Å². The first-order valence-electron chi connectivity index (χ1n) is 7.28. The maximum atomic E-state index is 9.69. The summed E-state index contributed by atoms with van der Waals surface area (Å²) >= 11 is 0. The van der Waals surface area contributed by atoms with Gasteiger partial charge in [0.05, 0.1) is 13.2 Å². The van der Waals surface area contributed by atoms with E-state index in [2.05, 4.69) is 30.4 Å². The molecule has 1 fully saturated rings. The lowest BCUT2D eigenvalue weighted by molar-refractivity contribution is 0.145. The smallest absolute Gasteiger partial charge is 0.119 e. The summed E-state index contributed by atoms with van der Waals surface area (Å²) in [5.41, 5.74) is 1.37. The Bertz CT molecular complexity index is 388. The summed E-state index contributed by atoms with van der Waals surface area (Å²) in [6.45, 7) is 2.83. The quantitative estimate of drug-likeness (QED) is 0.794. The van der Waals surface area contributed by atoms with Crippen LogP contribution in [0.1, 0.15) is 44.1 Å². The van der Waals surface area contributed by atoms with E-state index in [1.807, 2.05) is 6.07 Å². The van der Waals surface area contributed by atoms with Gasteiger partial charge in [-0.15, -0.1) is 0 Å². The molecule has 106 valence electrons. The van der Waals surface area contributed by atoms with Crippen LogP contribution in [-0.4, -0.2) is 30.9 Å². The van der Waals surface area contributed by atoms with Crippen LogP contribution < -0.4 is 10.1 Å². The standard InChI is InChI=1S/C16H25NO2/c1-3-5-15(18)11-17-14-8-13(9-14)12-6-4-7-16(10-12)19-2/h4,6-7,10,13-15,17-18H,3,5,8-9,11H2,1-2H3. The van der Waals surface area contributed by atoms with Gasteiger partial charge in [-0.2, -0.15) is 0 Å². The summed E-state index contributed by atoms with van der Waals surface area (Å²) in [5, 5.41) is 13.1. The molecule has 1 aromatic rings. The summed E-state index contributed by atoms with van der Waals surface area (Å²) in [6.07, 6.45) is 4.05. The molecular formula is C16H25NO2. The van der Waals surface area contributed by atoms with Gasteiger partial charge in [0.15, 0.2) is 0 Å². The van der Waals surface area contributed by atoms with Crippen molar-refractivity contribution >= 4 is 0 Å². The van der Waals surface area contributed by atoms with Gasteiger partial charge in [0.2, 0.25) is 0 Å². The van der Waals surface area contributed by atoms with Crippen LogP contribution in [0.3, 0.4) is 0 Å². The zero-order valence-corrected chi connectivity index (χ0v) is 11.9. The molecule has 1 aliphatic rings. The first-order chi connectivity index (χ1) is 9.22. The molecule has 0 saturated heterocycles. The number of methoxy groups -OCH3 is 1. The Balaban J connectivity index is 1.73. The molecule has 1 atom stereocenters. The van der Waals surface area contributed by atoms with Crippen LogP contribution in [0, 0.1) is 0 Å². The Morgan fingerprint density at radius 2 is 2.21 bits per heavy atom. The molecule has 1 saturated carbocycles. The van der Waals surface area contributed by atoms with E-state index in [1.165, 1.54) is 5.56 Å². The Labute approximate surface area is 116 Å². The fourth-order valence-electron chi connectivity index (χ4n) is 2.69. The molecule has 0 heterocycles. The monoisotopic (exact) mass is 263 g/mol. The van der Waals surface area contributed by atoms with E-state index in [-0.39, 0.29) is 6.10 Å². The molecule has 3 nitrogen and oxygen atoms in total. The molecule has 1 aromatic carbocycles. The first kappa shape index (κ1) is 14.4. The van der Waals surface area contributed by atoms with Crippen LogP contribution in [-0.2, 0) is 0 Å². The summed E-state index contributed by atoms with van der Waals surface area (Å²) in [4.78, 5) is 0. The normalized spacial score (nSPS) is 23.7. The number of aliphatic hydroxyl groups excluding tert-OH is 1. The second-order valence-corrected chi connectivity index (χ2v) is 5.49. The van der Waals surface area contributed by atoms with Crippen molar-refractivity contribution in [1.29, 1.82) is 0 Å². The lowest BCUT2D eigenvalue weighted by atomic mass is 9.76. The number of hydrogen-bond donors (Lipinski definition) is 2. The number of ether oxygens (including phenoxy) is 1. The average Bonchev–Trinajstić information content (AvgIpc) is 2.37. The maximum Gasteiger partial charge on any atom is 0.119 e. The van der Waals surface area contributed by atoms with Gasteiger partial charge in [-0.25, -0.2) is 0 Å². The number of hydrogen-bond acceptors (Lipinski definition) is 3. The zero-order chi connectivity index (χ0) is 13.7. The van der Waals surface area contributed by atoms with Gasteiger partial charge in [0.1, 0.15) is 5.75 Å². The van der Waals surface area contributed by atoms with Crippen LogP contribution >= 0.6 is 0 Å². The van der Waals surface area contributed by atoms with E-state index >= 15 is 0 Å². The Hall–Kier alpha value is -1.06. The number of rotatable bonds is 7. The van der Waals surface area contributed by atoms with Crippen molar-refractivity contribution in [3.05, 3.63) is 29.8 Å². The second-order valence-electron chi connectivity index (χ2n) is 5.49. The minimum Gasteiger partial charge on any atom is -0.497 e. The molecule has 1 unspecified atom stereocenters. The van der Waals surface area contributed by atoms with E-state index in [0.717, 1.165) is 38.0 Å². The SMILES string of the molecule is CCCC(O)CNC1CC(c2cccc(OC)c2)C1. The fraction of sp³-hybridized carbons (Fsp3) is 0.625. The lowest BCUT2D eigenvalue weighted by Gasteiger charge is -2.37. The van der Waals surface area contributed by atoms with Crippen molar-refractivity contribution in [2.75, 3.05) is 13.7 Å². The minimum absolute atomic E-state index is 0.194. The molecule has 2 N–H and O–H groups in total. The van der Waals surface area contributed by atoms with Crippen molar-refractivity contribution in [3.8, 4) is 5.75 Å². The Morgan fingerprint density at radius 1 is 1.42 bits per heavy atom.